The van der Waals surface area contributed by atoms with Crippen LogP contribution in [0.15, 0.2) is 108 Å². The van der Waals surface area contributed by atoms with Gasteiger partial charge in [0.15, 0.2) is 0 Å². The summed E-state index contributed by atoms with van der Waals surface area (Å²) in [6.07, 6.45) is 3.44. The van der Waals surface area contributed by atoms with Gasteiger partial charge in [-0.1, -0.05) is 72.8 Å². The predicted molar refractivity (Wildman–Crippen MR) is 120 cm³/mol. The minimum atomic E-state index is 0.447. The lowest BCUT2D eigenvalue weighted by Gasteiger charge is -2.09. The number of hydrogen-bond donors (Lipinski definition) is 0. The molecule has 0 N–H and O–H groups in total. The number of nitrogens with zero attached hydrogens (tertiary/aromatic N) is 2. The number of aromatic nitrogens is 1. The van der Waals surface area contributed by atoms with Crippen molar-refractivity contribution in [3.8, 4) is 11.5 Å². The van der Waals surface area contributed by atoms with E-state index in [-0.39, 0.29) is 0 Å². The number of rotatable bonds is 7. The average Bonchev–Trinajstić information content (AvgIpc) is 2.83. The van der Waals surface area contributed by atoms with Crippen molar-refractivity contribution < 1.29 is 9.47 Å². The molecule has 0 aliphatic carbocycles. The minimum Gasteiger partial charge on any atom is -0.497 e. The summed E-state index contributed by atoms with van der Waals surface area (Å²) in [5.74, 6) is 1.50. The van der Waals surface area contributed by atoms with Crippen LogP contribution >= 0.6 is 0 Å². The standard InChI is InChI=1S/C26H22N2O2/c1-29-24-14-12-20(13-15-24)19-30-25-16-23(17-27-18-25)28-26(21-8-4-2-5-9-21)22-10-6-3-7-11-22/h2-18H,19H2,1H3. The largest absolute Gasteiger partial charge is 0.497 e. The number of aliphatic imine (C=N–C) groups is 1. The van der Waals surface area contributed by atoms with E-state index in [0.717, 1.165) is 33.8 Å². The Hall–Kier alpha value is -3.92. The third-order valence-corrected chi connectivity index (χ3v) is 4.60. The Morgan fingerprint density at radius 1 is 0.767 bits per heavy atom. The van der Waals surface area contributed by atoms with Gasteiger partial charge in [0.25, 0.3) is 0 Å². The summed E-state index contributed by atoms with van der Waals surface area (Å²) in [4.78, 5) is 9.21. The second kappa shape index (κ2) is 9.52. The highest BCUT2D eigenvalue weighted by molar-refractivity contribution is 6.13. The molecule has 0 aliphatic heterocycles. The van der Waals surface area contributed by atoms with Crippen LogP contribution in [0, 0.1) is 0 Å². The SMILES string of the molecule is COc1ccc(COc2cncc(N=C(c3ccccc3)c3ccccc3)c2)cc1. The van der Waals surface area contributed by atoms with E-state index < -0.39 is 0 Å². The Morgan fingerprint density at radius 3 is 2.00 bits per heavy atom. The molecule has 148 valence electrons. The van der Waals surface area contributed by atoms with Gasteiger partial charge >= 0.3 is 0 Å². The molecule has 0 bridgehead atoms. The molecule has 0 saturated heterocycles. The second-order valence-corrected chi connectivity index (χ2v) is 6.71. The number of benzene rings is 3. The van der Waals surface area contributed by atoms with Gasteiger partial charge in [0.2, 0.25) is 0 Å². The van der Waals surface area contributed by atoms with Crippen molar-refractivity contribution in [2.75, 3.05) is 7.11 Å². The fraction of sp³-hybridized carbons (Fsp3) is 0.0769. The lowest BCUT2D eigenvalue weighted by Crippen LogP contribution is -2.02. The highest BCUT2D eigenvalue weighted by Gasteiger charge is 2.07. The Balaban J connectivity index is 1.58. The van der Waals surface area contributed by atoms with E-state index in [1.807, 2.05) is 66.7 Å². The molecule has 1 heterocycles. The molecule has 0 atom stereocenters. The highest BCUT2D eigenvalue weighted by Crippen LogP contribution is 2.23. The van der Waals surface area contributed by atoms with E-state index in [9.17, 15) is 0 Å². The molecule has 3 aromatic carbocycles. The fourth-order valence-corrected chi connectivity index (χ4v) is 3.05. The molecule has 0 radical (unpaired) electrons. The molecule has 4 aromatic rings. The van der Waals surface area contributed by atoms with Crippen LogP contribution in [0.3, 0.4) is 0 Å². The first kappa shape index (κ1) is 19.4. The van der Waals surface area contributed by atoms with E-state index in [0.29, 0.717) is 12.4 Å². The minimum absolute atomic E-state index is 0.447. The normalized spacial score (nSPS) is 10.3. The van der Waals surface area contributed by atoms with Crippen LogP contribution in [0.2, 0.25) is 0 Å². The van der Waals surface area contributed by atoms with Crippen LogP contribution in [-0.4, -0.2) is 17.8 Å². The Bertz CT molecular complexity index is 1070. The Kier molecular flexibility index (Phi) is 6.16. The van der Waals surface area contributed by atoms with E-state index in [2.05, 4.69) is 29.2 Å². The zero-order valence-corrected chi connectivity index (χ0v) is 16.7. The van der Waals surface area contributed by atoms with Gasteiger partial charge in [-0.25, -0.2) is 4.99 Å². The van der Waals surface area contributed by atoms with Crippen LogP contribution in [0.1, 0.15) is 16.7 Å². The third kappa shape index (κ3) is 4.92. The molecule has 0 aliphatic rings. The molecule has 0 fully saturated rings. The van der Waals surface area contributed by atoms with Crippen molar-refractivity contribution >= 4 is 11.4 Å². The molecule has 1 aromatic heterocycles. The molecule has 0 unspecified atom stereocenters. The van der Waals surface area contributed by atoms with E-state index in [1.54, 1.807) is 19.5 Å². The molecule has 30 heavy (non-hydrogen) atoms. The van der Waals surface area contributed by atoms with Crippen LogP contribution in [0.25, 0.3) is 0 Å². The Morgan fingerprint density at radius 2 is 1.40 bits per heavy atom. The summed E-state index contributed by atoms with van der Waals surface area (Å²) in [7, 11) is 1.66. The summed E-state index contributed by atoms with van der Waals surface area (Å²) in [6.45, 7) is 0.447. The average molecular weight is 394 g/mol. The maximum atomic E-state index is 5.93. The number of pyridine rings is 1. The number of ether oxygens (including phenoxy) is 2. The van der Waals surface area contributed by atoms with Crippen LogP contribution < -0.4 is 9.47 Å². The van der Waals surface area contributed by atoms with Gasteiger partial charge in [0.05, 0.1) is 30.9 Å². The van der Waals surface area contributed by atoms with Gasteiger partial charge < -0.3 is 9.47 Å². The van der Waals surface area contributed by atoms with E-state index >= 15 is 0 Å². The fourth-order valence-electron chi connectivity index (χ4n) is 3.05. The van der Waals surface area contributed by atoms with Crippen LogP contribution in [0.4, 0.5) is 5.69 Å². The molecule has 0 spiro atoms. The summed E-state index contributed by atoms with van der Waals surface area (Å²) in [6, 6.07) is 30.0. The molecule has 4 rings (SSSR count). The predicted octanol–water partition coefficient (Wildman–Crippen LogP) is 5.84. The van der Waals surface area contributed by atoms with Gasteiger partial charge in [-0.2, -0.15) is 0 Å². The van der Waals surface area contributed by atoms with Gasteiger partial charge in [-0.15, -0.1) is 0 Å². The van der Waals surface area contributed by atoms with Gasteiger partial charge in [-0.05, 0) is 17.7 Å². The molecular formula is C26H22N2O2. The number of hydrogen-bond acceptors (Lipinski definition) is 4. The van der Waals surface area contributed by atoms with Crippen LogP contribution in [-0.2, 0) is 6.61 Å². The third-order valence-electron chi connectivity index (χ3n) is 4.60. The maximum absolute atomic E-state index is 5.93. The molecular weight excluding hydrogens is 372 g/mol. The summed E-state index contributed by atoms with van der Waals surface area (Å²) in [5.41, 5.74) is 4.79. The summed E-state index contributed by atoms with van der Waals surface area (Å²) in [5, 5.41) is 0. The smallest absolute Gasteiger partial charge is 0.140 e. The lowest BCUT2D eigenvalue weighted by atomic mass is 10.0. The zero-order valence-electron chi connectivity index (χ0n) is 16.7. The summed E-state index contributed by atoms with van der Waals surface area (Å²) >= 11 is 0. The molecule has 4 heteroatoms. The zero-order chi connectivity index (χ0) is 20.6. The molecule has 0 amide bonds. The van der Waals surface area contributed by atoms with Crippen molar-refractivity contribution in [3.63, 3.8) is 0 Å². The van der Waals surface area contributed by atoms with E-state index in [4.69, 9.17) is 14.5 Å². The first-order valence-corrected chi connectivity index (χ1v) is 9.72. The lowest BCUT2D eigenvalue weighted by molar-refractivity contribution is 0.305. The summed E-state index contributed by atoms with van der Waals surface area (Å²) < 4.78 is 11.1. The first-order chi connectivity index (χ1) is 14.8. The van der Waals surface area contributed by atoms with Gasteiger partial charge in [0.1, 0.15) is 18.1 Å². The van der Waals surface area contributed by atoms with Gasteiger partial charge in [-0.3, -0.25) is 4.98 Å². The van der Waals surface area contributed by atoms with Crippen molar-refractivity contribution in [1.82, 2.24) is 4.98 Å². The van der Waals surface area contributed by atoms with Crippen molar-refractivity contribution in [2.24, 2.45) is 4.99 Å². The van der Waals surface area contributed by atoms with E-state index in [1.165, 1.54) is 0 Å². The monoisotopic (exact) mass is 394 g/mol. The maximum Gasteiger partial charge on any atom is 0.140 e. The van der Waals surface area contributed by atoms with Crippen molar-refractivity contribution in [1.29, 1.82) is 0 Å². The topological polar surface area (TPSA) is 43.7 Å². The molecule has 0 saturated carbocycles. The van der Waals surface area contributed by atoms with Crippen LogP contribution in [0.5, 0.6) is 11.5 Å². The molecule has 4 nitrogen and oxygen atoms in total. The number of methoxy groups -OCH3 is 1. The highest BCUT2D eigenvalue weighted by atomic mass is 16.5. The quantitative estimate of drug-likeness (QED) is 0.370. The first-order valence-electron chi connectivity index (χ1n) is 9.72. The van der Waals surface area contributed by atoms with Gasteiger partial charge in [0, 0.05) is 17.2 Å². The van der Waals surface area contributed by atoms with Crippen molar-refractivity contribution in [3.05, 3.63) is 120 Å². The second-order valence-electron chi connectivity index (χ2n) is 6.71. The van der Waals surface area contributed by atoms with Crippen molar-refractivity contribution in [2.45, 2.75) is 6.61 Å². The Labute approximate surface area is 176 Å².